The van der Waals surface area contributed by atoms with Gasteiger partial charge in [0.1, 0.15) is 0 Å². The summed E-state index contributed by atoms with van der Waals surface area (Å²) in [6, 6.07) is 6.73. The molecule has 1 atom stereocenters. The molecule has 19 heavy (non-hydrogen) atoms. The van der Waals surface area contributed by atoms with Crippen LogP contribution >= 0.6 is 0 Å². The van der Waals surface area contributed by atoms with Gasteiger partial charge >= 0.3 is 6.18 Å². The largest absolute Gasteiger partial charge is 0.404 e. The van der Waals surface area contributed by atoms with Gasteiger partial charge in [-0.15, -0.1) is 0 Å². The fraction of sp³-hybridized carbons (Fsp3) is 0.462. The molecule has 2 N–H and O–H groups in total. The minimum absolute atomic E-state index is 0.195. The van der Waals surface area contributed by atoms with Crippen LogP contribution in [0.5, 0.6) is 0 Å². The van der Waals surface area contributed by atoms with Crippen molar-refractivity contribution in [2.24, 2.45) is 5.41 Å². The molecular formula is C13H15F3N2O. The average molecular weight is 272 g/mol. The van der Waals surface area contributed by atoms with Crippen molar-refractivity contribution in [3.05, 3.63) is 29.8 Å². The van der Waals surface area contributed by atoms with E-state index in [9.17, 15) is 18.0 Å². The highest BCUT2D eigenvalue weighted by Crippen LogP contribution is 2.43. The first-order chi connectivity index (χ1) is 8.85. The quantitative estimate of drug-likeness (QED) is 0.868. The molecular weight excluding hydrogens is 257 g/mol. The fourth-order valence-electron chi connectivity index (χ4n) is 2.23. The predicted molar refractivity (Wildman–Crippen MR) is 65.8 cm³/mol. The lowest BCUT2D eigenvalue weighted by molar-refractivity contribution is -0.213. The Morgan fingerprint density at radius 3 is 2.68 bits per heavy atom. The number of hydrogen-bond donors (Lipinski definition) is 2. The molecule has 1 fully saturated rings. The maximum Gasteiger partial charge on any atom is 0.404 e. The molecule has 0 radical (unpaired) electrons. The van der Waals surface area contributed by atoms with Crippen LogP contribution in [-0.2, 0) is 4.79 Å². The van der Waals surface area contributed by atoms with Crippen LogP contribution in [0.1, 0.15) is 12.0 Å². The van der Waals surface area contributed by atoms with Crippen LogP contribution in [0.25, 0.3) is 0 Å². The highest BCUT2D eigenvalue weighted by Gasteiger charge is 2.61. The predicted octanol–water partition coefficient (Wildman–Crippen LogP) is 2.48. The Bertz CT molecular complexity index is 479. The van der Waals surface area contributed by atoms with E-state index in [2.05, 4.69) is 10.6 Å². The molecule has 0 saturated carbocycles. The minimum atomic E-state index is -4.55. The number of rotatable bonds is 2. The van der Waals surface area contributed by atoms with Crippen LogP contribution < -0.4 is 10.6 Å². The first-order valence-corrected chi connectivity index (χ1v) is 6.01. The maximum absolute atomic E-state index is 13.1. The number of carbonyl (C=O) groups is 1. The highest BCUT2D eigenvalue weighted by atomic mass is 19.4. The van der Waals surface area contributed by atoms with Crippen LogP contribution in [0, 0.1) is 12.3 Å². The van der Waals surface area contributed by atoms with Crippen molar-refractivity contribution in [3.63, 3.8) is 0 Å². The van der Waals surface area contributed by atoms with Crippen molar-refractivity contribution in [1.29, 1.82) is 0 Å². The van der Waals surface area contributed by atoms with E-state index in [1.807, 2.05) is 13.0 Å². The molecule has 2 rings (SSSR count). The number of carbonyl (C=O) groups excluding carboxylic acids is 1. The van der Waals surface area contributed by atoms with E-state index >= 15 is 0 Å². The van der Waals surface area contributed by atoms with E-state index in [0.717, 1.165) is 5.56 Å². The number of anilines is 1. The number of aryl methyl sites for hydroxylation is 1. The molecule has 1 unspecified atom stereocenters. The van der Waals surface area contributed by atoms with E-state index in [4.69, 9.17) is 0 Å². The smallest absolute Gasteiger partial charge is 0.325 e. The number of benzene rings is 1. The van der Waals surface area contributed by atoms with Gasteiger partial charge in [0.2, 0.25) is 5.91 Å². The molecule has 1 heterocycles. The Labute approximate surface area is 109 Å². The second-order valence-corrected chi connectivity index (χ2v) is 4.83. The number of hydrogen-bond acceptors (Lipinski definition) is 2. The van der Waals surface area contributed by atoms with Crippen LogP contribution in [0.3, 0.4) is 0 Å². The van der Waals surface area contributed by atoms with Gasteiger partial charge < -0.3 is 10.6 Å². The molecule has 0 aromatic heterocycles. The van der Waals surface area contributed by atoms with Crippen LogP contribution in [0.15, 0.2) is 24.3 Å². The van der Waals surface area contributed by atoms with Crippen LogP contribution in [0.4, 0.5) is 18.9 Å². The first kappa shape index (κ1) is 13.9. The third-order valence-electron chi connectivity index (χ3n) is 3.41. The molecule has 1 amide bonds. The molecule has 0 bridgehead atoms. The molecule has 104 valence electrons. The second-order valence-electron chi connectivity index (χ2n) is 4.83. The standard InChI is InChI=1S/C13H15F3N2O/c1-9-3-2-4-10(7-9)18-11(19)12(13(14,15)16)5-6-17-8-12/h2-4,7,17H,5-6,8H2,1H3,(H,18,19). The van der Waals surface area contributed by atoms with Crippen molar-refractivity contribution in [2.45, 2.75) is 19.5 Å². The van der Waals surface area contributed by atoms with E-state index < -0.39 is 17.5 Å². The van der Waals surface area contributed by atoms with E-state index in [0.29, 0.717) is 5.69 Å². The molecule has 1 aliphatic heterocycles. The lowest BCUT2D eigenvalue weighted by Crippen LogP contribution is -2.49. The van der Waals surface area contributed by atoms with Crippen molar-refractivity contribution in [3.8, 4) is 0 Å². The second kappa shape index (κ2) is 4.85. The van der Waals surface area contributed by atoms with Crippen molar-refractivity contribution < 1.29 is 18.0 Å². The van der Waals surface area contributed by atoms with Gasteiger partial charge in [0, 0.05) is 12.2 Å². The summed E-state index contributed by atoms with van der Waals surface area (Å²) in [7, 11) is 0. The zero-order valence-corrected chi connectivity index (χ0v) is 10.5. The molecule has 0 aliphatic carbocycles. The third-order valence-corrected chi connectivity index (χ3v) is 3.41. The van der Waals surface area contributed by atoms with Gasteiger partial charge in [-0.3, -0.25) is 4.79 Å². The lowest BCUT2D eigenvalue weighted by atomic mass is 9.85. The SMILES string of the molecule is Cc1cccc(NC(=O)C2(C(F)(F)F)CCNC2)c1. The summed E-state index contributed by atoms with van der Waals surface area (Å²) in [6.45, 7) is 1.64. The summed E-state index contributed by atoms with van der Waals surface area (Å²) in [6.07, 6.45) is -4.78. The van der Waals surface area contributed by atoms with Crippen LogP contribution in [-0.4, -0.2) is 25.2 Å². The molecule has 0 spiro atoms. The van der Waals surface area contributed by atoms with Gasteiger partial charge in [-0.2, -0.15) is 13.2 Å². The van der Waals surface area contributed by atoms with Gasteiger partial charge in [0.25, 0.3) is 0 Å². The van der Waals surface area contributed by atoms with Gasteiger partial charge in [0.05, 0.1) is 0 Å². The van der Waals surface area contributed by atoms with E-state index in [1.54, 1.807) is 18.2 Å². The number of halogens is 3. The summed E-state index contributed by atoms with van der Waals surface area (Å²) in [5.74, 6) is -0.990. The molecule has 1 aromatic rings. The molecule has 3 nitrogen and oxygen atoms in total. The molecule has 1 aromatic carbocycles. The van der Waals surface area contributed by atoms with Gasteiger partial charge in [0.15, 0.2) is 5.41 Å². The summed E-state index contributed by atoms with van der Waals surface area (Å²) in [5, 5.41) is 4.99. The Kier molecular flexibility index (Phi) is 3.54. The first-order valence-electron chi connectivity index (χ1n) is 6.01. The Hall–Kier alpha value is -1.56. The maximum atomic E-state index is 13.1. The normalized spacial score (nSPS) is 23.4. The van der Waals surface area contributed by atoms with E-state index in [1.165, 1.54) is 0 Å². The number of alkyl halides is 3. The zero-order chi connectivity index (χ0) is 14.1. The minimum Gasteiger partial charge on any atom is -0.325 e. The zero-order valence-electron chi connectivity index (χ0n) is 10.5. The highest BCUT2D eigenvalue weighted by molar-refractivity contribution is 5.96. The third kappa shape index (κ3) is 2.58. The van der Waals surface area contributed by atoms with E-state index in [-0.39, 0.29) is 19.5 Å². The van der Waals surface area contributed by atoms with Crippen molar-refractivity contribution >= 4 is 11.6 Å². The number of nitrogens with one attached hydrogen (secondary N) is 2. The Balaban J connectivity index is 2.22. The topological polar surface area (TPSA) is 41.1 Å². The average Bonchev–Trinajstić information content (AvgIpc) is 2.78. The Morgan fingerprint density at radius 2 is 2.16 bits per heavy atom. The van der Waals surface area contributed by atoms with Crippen molar-refractivity contribution in [2.75, 3.05) is 18.4 Å². The van der Waals surface area contributed by atoms with Gasteiger partial charge in [-0.1, -0.05) is 12.1 Å². The molecule has 6 heteroatoms. The molecule has 1 aliphatic rings. The van der Waals surface area contributed by atoms with Gasteiger partial charge in [-0.25, -0.2) is 0 Å². The Morgan fingerprint density at radius 1 is 1.42 bits per heavy atom. The molecule has 1 saturated heterocycles. The summed E-state index contributed by atoms with van der Waals surface area (Å²) >= 11 is 0. The number of amides is 1. The monoisotopic (exact) mass is 272 g/mol. The fourth-order valence-corrected chi connectivity index (χ4v) is 2.23. The van der Waals surface area contributed by atoms with Crippen molar-refractivity contribution in [1.82, 2.24) is 5.32 Å². The summed E-state index contributed by atoms with van der Waals surface area (Å²) in [4.78, 5) is 12.0. The summed E-state index contributed by atoms with van der Waals surface area (Å²) in [5.41, 5.74) is -1.06. The summed E-state index contributed by atoms with van der Waals surface area (Å²) < 4.78 is 39.4. The lowest BCUT2D eigenvalue weighted by Gasteiger charge is -2.29. The van der Waals surface area contributed by atoms with Gasteiger partial charge in [-0.05, 0) is 37.6 Å². The van der Waals surface area contributed by atoms with Crippen LogP contribution in [0.2, 0.25) is 0 Å².